The quantitative estimate of drug-likeness (QED) is 0.371. The molecule has 7 nitrogen and oxygen atoms in total. The first-order valence-corrected chi connectivity index (χ1v) is 14.3. The molecule has 0 amide bonds. The minimum Gasteiger partial charge on any atom is -0.489 e. The molecule has 4 bridgehead atoms. The third-order valence-electron chi connectivity index (χ3n) is 9.34. The van der Waals surface area contributed by atoms with Gasteiger partial charge in [0.25, 0.3) is 0 Å². The Labute approximate surface area is 233 Å². The van der Waals surface area contributed by atoms with Gasteiger partial charge in [0.1, 0.15) is 35.8 Å². The summed E-state index contributed by atoms with van der Waals surface area (Å²) in [5.41, 5.74) is 0.753. The summed E-state index contributed by atoms with van der Waals surface area (Å²) in [6.07, 6.45) is 7.67. The molecule has 0 aromatic rings. The maximum Gasteiger partial charge on any atom is 0.334 e. The molecule has 1 saturated carbocycles. The predicted octanol–water partition coefficient (Wildman–Crippen LogP) is 4.35. The van der Waals surface area contributed by atoms with E-state index < -0.39 is 42.2 Å². The van der Waals surface area contributed by atoms with Gasteiger partial charge in [0.2, 0.25) is 0 Å². The minimum atomic E-state index is -0.817. The zero-order valence-corrected chi connectivity index (χ0v) is 24.3. The van der Waals surface area contributed by atoms with Crippen LogP contribution >= 0.6 is 15.9 Å². The second kappa shape index (κ2) is 10.4. The van der Waals surface area contributed by atoms with E-state index in [9.17, 15) is 15.0 Å². The van der Waals surface area contributed by atoms with Gasteiger partial charge >= 0.3 is 5.97 Å². The van der Waals surface area contributed by atoms with Gasteiger partial charge in [-0.1, -0.05) is 66.7 Å². The summed E-state index contributed by atoms with van der Waals surface area (Å²) in [5, 5.41) is 22.3. The summed E-state index contributed by atoms with van der Waals surface area (Å²) in [7, 11) is 1.63. The fraction of sp³-hybridized carbons (Fsp3) is 0.633. The van der Waals surface area contributed by atoms with Crippen molar-refractivity contribution >= 4 is 21.9 Å². The second-order valence-electron chi connectivity index (χ2n) is 11.6. The number of hydrogen-bond acceptors (Lipinski definition) is 7. The molecule has 0 aromatic heterocycles. The van der Waals surface area contributed by atoms with Crippen LogP contribution in [0.1, 0.15) is 40.5 Å². The van der Waals surface area contributed by atoms with Crippen LogP contribution in [0.3, 0.4) is 0 Å². The van der Waals surface area contributed by atoms with Crippen LogP contribution in [0.2, 0.25) is 0 Å². The molecule has 2 aliphatic heterocycles. The summed E-state index contributed by atoms with van der Waals surface area (Å²) < 4.78 is 26.1. The fourth-order valence-electron chi connectivity index (χ4n) is 7.44. The zero-order chi connectivity index (χ0) is 27.5. The van der Waals surface area contributed by atoms with Crippen LogP contribution in [0.4, 0.5) is 0 Å². The highest BCUT2D eigenvalue weighted by Crippen LogP contribution is 2.61. The van der Waals surface area contributed by atoms with E-state index in [-0.39, 0.29) is 35.6 Å². The highest BCUT2D eigenvalue weighted by Gasteiger charge is 2.69. The fourth-order valence-corrected chi connectivity index (χ4v) is 7.88. The van der Waals surface area contributed by atoms with Gasteiger partial charge in [-0.25, -0.2) is 4.79 Å². The van der Waals surface area contributed by atoms with Gasteiger partial charge in [0.15, 0.2) is 0 Å². The van der Waals surface area contributed by atoms with Crippen molar-refractivity contribution in [3.63, 3.8) is 0 Å². The average molecular weight is 592 g/mol. The average Bonchev–Trinajstić information content (AvgIpc) is 3.38. The van der Waals surface area contributed by atoms with E-state index in [1.54, 1.807) is 20.1 Å². The summed E-state index contributed by atoms with van der Waals surface area (Å²) in [6, 6.07) is 0. The molecule has 0 unspecified atom stereocenters. The van der Waals surface area contributed by atoms with Crippen LogP contribution in [-0.2, 0) is 23.7 Å². The Bertz CT molecular complexity index is 1110. The Morgan fingerprint density at radius 2 is 2.03 bits per heavy atom. The number of hydrogen-bond donors (Lipinski definition) is 2. The lowest BCUT2D eigenvalue weighted by Gasteiger charge is -2.49. The van der Waals surface area contributed by atoms with E-state index in [2.05, 4.69) is 40.7 Å². The molecule has 5 rings (SSSR count). The summed E-state index contributed by atoms with van der Waals surface area (Å²) in [6.45, 7) is 11.8. The molecule has 2 N–H and O–H groups in total. The standard InChI is InChI=1S/C30H39BrO7/c1-14-11-15(2)30-20(13-23(35-6)18(5)36-26(14)17(4)32)8-10-22-24(30)25(33)16(3)27(28(22)38-30)37-29(34)19-7-9-21(31)12-19/h7-11,14,16-17,20,22-28,32-33H,5,12-13H2,1-4,6H3/b15-11+/t14-,16-,17-,20-,22-,23+,24+,25-,26+,27-,28-,30+/m1/s1. The minimum absolute atomic E-state index is 0.104. The molecule has 0 aromatic carbocycles. The number of methoxy groups -OCH3 is 1. The van der Waals surface area contributed by atoms with E-state index in [1.807, 2.05) is 26.8 Å². The van der Waals surface area contributed by atoms with E-state index in [0.717, 1.165) is 10.1 Å². The molecule has 1 saturated heterocycles. The van der Waals surface area contributed by atoms with E-state index >= 15 is 0 Å². The van der Waals surface area contributed by atoms with Crippen molar-refractivity contribution in [3.8, 4) is 0 Å². The van der Waals surface area contributed by atoms with Crippen LogP contribution in [0.25, 0.3) is 0 Å². The van der Waals surface area contributed by atoms with Crippen molar-refractivity contribution in [1.29, 1.82) is 0 Å². The Balaban J connectivity index is 1.55. The topological polar surface area (TPSA) is 94.5 Å². The summed E-state index contributed by atoms with van der Waals surface area (Å²) in [4.78, 5) is 13.1. The maximum atomic E-state index is 13.1. The number of aliphatic hydroxyl groups excluding tert-OH is 2. The number of allylic oxidation sites excluding steroid dienone is 3. The Morgan fingerprint density at radius 1 is 1.29 bits per heavy atom. The Kier molecular flexibility index (Phi) is 7.59. The van der Waals surface area contributed by atoms with Crippen LogP contribution in [0.15, 0.2) is 58.3 Å². The van der Waals surface area contributed by atoms with Crippen LogP contribution < -0.4 is 0 Å². The van der Waals surface area contributed by atoms with Crippen molar-refractivity contribution in [3.05, 3.63) is 58.3 Å². The van der Waals surface area contributed by atoms with Crippen molar-refractivity contribution in [2.45, 2.75) is 82.8 Å². The van der Waals surface area contributed by atoms with Crippen LogP contribution in [0, 0.1) is 29.6 Å². The van der Waals surface area contributed by atoms with Crippen molar-refractivity contribution in [2.75, 3.05) is 7.11 Å². The molecule has 8 heteroatoms. The van der Waals surface area contributed by atoms with Gasteiger partial charge in [-0.2, -0.15) is 0 Å². The second-order valence-corrected chi connectivity index (χ2v) is 12.6. The highest BCUT2D eigenvalue weighted by molar-refractivity contribution is 9.11. The van der Waals surface area contributed by atoms with Crippen molar-refractivity contribution in [2.24, 2.45) is 29.6 Å². The van der Waals surface area contributed by atoms with Crippen LogP contribution in [-0.4, -0.2) is 65.5 Å². The number of ether oxygens (including phenoxy) is 4. The number of carbonyl (C=O) groups is 1. The molecule has 38 heavy (non-hydrogen) atoms. The van der Waals surface area contributed by atoms with E-state index in [4.69, 9.17) is 18.9 Å². The van der Waals surface area contributed by atoms with E-state index in [0.29, 0.717) is 24.2 Å². The van der Waals surface area contributed by atoms with Crippen molar-refractivity contribution < 1.29 is 34.0 Å². The number of aliphatic hydroxyl groups is 2. The van der Waals surface area contributed by atoms with Gasteiger partial charge in [-0.15, -0.1) is 0 Å². The van der Waals surface area contributed by atoms with Gasteiger partial charge in [0, 0.05) is 48.7 Å². The van der Waals surface area contributed by atoms with E-state index in [1.165, 1.54) is 0 Å². The number of esters is 1. The number of carbonyl (C=O) groups excluding carboxylic acids is 1. The first-order valence-electron chi connectivity index (χ1n) is 13.5. The number of rotatable bonds is 4. The maximum absolute atomic E-state index is 13.1. The summed E-state index contributed by atoms with van der Waals surface area (Å²) in [5.74, 6) is -0.817. The monoisotopic (exact) mass is 590 g/mol. The van der Waals surface area contributed by atoms with Gasteiger partial charge < -0.3 is 29.2 Å². The molecule has 3 aliphatic carbocycles. The largest absolute Gasteiger partial charge is 0.489 e. The molecular formula is C30H39BrO7. The third-order valence-corrected chi connectivity index (χ3v) is 9.88. The summed E-state index contributed by atoms with van der Waals surface area (Å²) >= 11 is 3.45. The smallest absolute Gasteiger partial charge is 0.334 e. The van der Waals surface area contributed by atoms with Gasteiger partial charge in [0.05, 0.1) is 12.2 Å². The molecular weight excluding hydrogens is 552 g/mol. The Hall–Kier alpha value is -1.71. The normalized spacial score (nSPS) is 46.2. The first-order chi connectivity index (χ1) is 18.0. The first kappa shape index (κ1) is 27.8. The molecule has 208 valence electrons. The molecule has 1 spiro atoms. The van der Waals surface area contributed by atoms with Gasteiger partial charge in [-0.3, -0.25) is 0 Å². The number of halogens is 1. The molecule has 12 atom stereocenters. The molecule has 0 radical (unpaired) electrons. The van der Waals surface area contributed by atoms with Crippen molar-refractivity contribution in [1.82, 2.24) is 0 Å². The molecule has 5 aliphatic rings. The lowest BCUT2D eigenvalue weighted by atomic mass is 9.57. The van der Waals surface area contributed by atoms with Crippen LogP contribution in [0.5, 0.6) is 0 Å². The highest BCUT2D eigenvalue weighted by atomic mass is 79.9. The van der Waals surface area contributed by atoms with Gasteiger partial charge in [-0.05, 0) is 30.3 Å². The SMILES string of the molecule is C=C1O[C@H]([C@@H](C)O)[C@H](C)/C=C(\C)[C@]23O[C@@H]4[C@H](C=C[C@@H]2C[C@@H]1OC)[C@H]3[C@H](O)[C@@H](C)[C@H]4OC(=O)C1=CC=C(Br)C1. The zero-order valence-electron chi connectivity index (χ0n) is 22.7. The lowest BCUT2D eigenvalue weighted by molar-refractivity contribution is -0.165. The molecule has 2 heterocycles. The third kappa shape index (κ3) is 4.37. The predicted molar refractivity (Wildman–Crippen MR) is 146 cm³/mol. The lowest BCUT2D eigenvalue weighted by Crippen LogP contribution is -2.57. The Morgan fingerprint density at radius 3 is 2.66 bits per heavy atom. The molecule has 2 fully saturated rings.